The number of aliphatic carboxylic acids is 1. The van der Waals surface area contributed by atoms with Crippen LogP contribution in [0.5, 0.6) is 11.5 Å². The summed E-state index contributed by atoms with van der Waals surface area (Å²) < 4.78 is 26.2. The molecule has 23 heavy (non-hydrogen) atoms. The van der Waals surface area contributed by atoms with E-state index in [0.29, 0.717) is 28.4 Å². The fraction of sp³-hybridized carbons (Fsp3) is 0.312. The number of furan rings is 1. The Morgan fingerprint density at radius 1 is 1.17 bits per heavy atom. The number of methoxy groups -OCH3 is 2. The molecule has 0 saturated heterocycles. The van der Waals surface area contributed by atoms with Crippen LogP contribution in [0.25, 0.3) is 11.3 Å². The summed E-state index contributed by atoms with van der Waals surface area (Å²) in [6, 6.07) is 6.72. The molecule has 0 aliphatic heterocycles. The Morgan fingerprint density at radius 3 is 2.52 bits per heavy atom. The molecule has 0 atom stereocenters. The SMILES string of the molecule is COCOc1cc(CC(=O)O)c(-c2ccco2)c(OCOC)c1. The summed E-state index contributed by atoms with van der Waals surface area (Å²) in [5.74, 6) is 0.376. The molecule has 0 unspecified atom stereocenters. The number of rotatable bonds is 9. The Balaban J connectivity index is 2.51. The first kappa shape index (κ1) is 16.9. The van der Waals surface area contributed by atoms with E-state index in [4.69, 9.17) is 28.5 Å². The Hall–Kier alpha value is -2.51. The molecule has 1 N–H and O–H groups in total. The van der Waals surface area contributed by atoms with Crippen molar-refractivity contribution in [1.29, 1.82) is 0 Å². The van der Waals surface area contributed by atoms with Crippen LogP contribution in [0, 0.1) is 0 Å². The molecule has 1 aromatic heterocycles. The normalized spacial score (nSPS) is 10.5. The molecule has 7 nitrogen and oxygen atoms in total. The number of benzene rings is 1. The zero-order chi connectivity index (χ0) is 16.7. The number of hydrogen-bond acceptors (Lipinski definition) is 6. The van der Waals surface area contributed by atoms with E-state index in [2.05, 4.69) is 0 Å². The first-order valence-electron chi connectivity index (χ1n) is 6.81. The summed E-state index contributed by atoms with van der Waals surface area (Å²) in [5.41, 5.74) is 1.06. The van der Waals surface area contributed by atoms with Gasteiger partial charge in [0.2, 0.25) is 0 Å². The predicted octanol–water partition coefficient (Wildman–Crippen LogP) is 2.54. The molecule has 0 aliphatic carbocycles. The molecule has 1 aromatic carbocycles. The van der Waals surface area contributed by atoms with E-state index in [1.807, 2.05) is 0 Å². The fourth-order valence-corrected chi connectivity index (χ4v) is 2.09. The lowest BCUT2D eigenvalue weighted by molar-refractivity contribution is -0.136. The molecule has 2 rings (SSSR count). The van der Waals surface area contributed by atoms with Crippen molar-refractivity contribution in [2.24, 2.45) is 0 Å². The average Bonchev–Trinajstić information content (AvgIpc) is 3.04. The highest BCUT2D eigenvalue weighted by molar-refractivity contribution is 5.79. The standard InChI is InChI=1S/C16H18O7/c1-19-9-22-12-6-11(7-15(17)18)16(13-4-3-5-21-13)14(8-12)23-10-20-2/h3-6,8H,7,9-10H2,1-2H3,(H,17,18). The lowest BCUT2D eigenvalue weighted by atomic mass is 10.0. The van der Waals surface area contributed by atoms with Crippen molar-refractivity contribution in [3.8, 4) is 22.8 Å². The van der Waals surface area contributed by atoms with Crippen molar-refractivity contribution in [2.45, 2.75) is 6.42 Å². The first-order valence-corrected chi connectivity index (χ1v) is 6.81. The second-order valence-electron chi connectivity index (χ2n) is 4.61. The molecular weight excluding hydrogens is 304 g/mol. The van der Waals surface area contributed by atoms with Gasteiger partial charge in [0.1, 0.15) is 17.3 Å². The zero-order valence-corrected chi connectivity index (χ0v) is 12.9. The molecule has 7 heteroatoms. The monoisotopic (exact) mass is 322 g/mol. The summed E-state index contributed by atoms with van der Waals surface area (Å²) >= 11 is 0. The average molecular weight is 322 g/mol. The smallest absolute Gasteiger partial charge is 0.307 e. The van der Waals surface area contributed by atoms with Crippen molar-refractivity contribution in [3.63, 3.8) is 0 Å². The van der Waals surface area contributed by atoms with E-state index in [9.17, 15) is 4.79 Å². The summed E-state index contributed by atoms with van der Waals surface area (Å²) in [5, 5.41) is 9.16. The van der Waals surface area contributed by atoms with Gasteiger partial charge >= 0.3 is 5.97 Å². The third-order valence-corrected chi connectivity index (χ3v) is 2.94. The highest BCUT2D eigenvalue weighted by Gasteiger charge is 2.19. The predicted molar refractivity (Wildman–Crippen MR) is 80.5 cm³/mol. The second kappa shape index (κ2) is 8.21. The third-order valence-electron chi connectivity index (χ3n) is 2.94. The van der Waals surface area contributed by atoms with Gasteiger partial charge in [0, 0.05) is 20.3 Å². The Kier molecular flexibility index (Phi) is 6.02. The van der Waals surface area contributed by atoms with Gasteiger partial charge in [-0.1, -0.05) is 0 Å². The van der Waals surface area contributed by atoms with Crippen molar-refractivity contribution < 1.29 is 33.3 Å². The van der Waals surface area contributed by atoms with Crippen LogP contribution >= 0.6 is 0 Å². The van der Waals surface area contributed by atoms with E-state index in [0.717, 1.165) is 0 Å². The zero-order valence-electron chi connectivity index (χ0n) is 12.9. The highest BCUT2D eigenvalue weighted by atomic mass is 16.7. The summed E-state index contributed by atoms with van der Waals surface area (Å²) in [7, 11) is 2.99. The van der Waals surface area contributed by atoms with Gasteiger partial charge in [0.25, 0.3) is 0 Å². The minimum atomic E-state index is -0.973. The topological polar surface area (TPSA) is 87.4 Å². The number of hydrogen-bond donors (Lipinski definition) is 1. The van der Waals surface area contributed by atoms with Crippen LogP contribution in [0.2, 0.25) is 0 Å². The molecule has 0 amide bonds. The van der Waals surface area contributed by atoms with Crippen LogP contribution in [-0.2, 0) is 20.7 Å². The lowest BCUT2D eigenvalue weighted by Crippen LogP contribution is -2.07. The van der Waals surface area contributed by atoms with Crippen LogP contribution in [-0.4, -0.2) is 38.9 Å². The summed E-state index contributed by atoms with van der Waals surface area (Å²) in [4.78, 5) is 11.2. The van der Waals surface area contributed by atoms with E-state index in [1.165, 1.54) is 20.5 Å². The minimum Gasteiger partial charge on any atom is -0.481 e. The lowest BCUT2D eigenvalue weighted by Gasteiger charge is -2.16. The Morgan fingerprint density at radius 2 is 1.91 bits per heavy atom. The van der Waals surface area contributed by atoms with Gasteiger partial charge in [-0.25, -0.2) is 0 Å². The molecular formula is C16H18O7. The van der Waals surface area contributed by atoms with Gasteiger partial charge in [0.05, 0.1) is 18.2 Å². The second-order valence-corrected chi connectivity index (χ2v) is 4.61. The molecule has 0 radical (unpaired) electrons. The van der Waals surface area contributed by atoms with E-state index in [-0.39, 0.29) is 20.0 Å². The number of ether oxygens (including phenoxy) is 4. The molecule has 0 bridgehead atoms. The van der Waals surface area contributed by atoms with Crippen molar-refractivity contribution in [3.05, 3.63) is 36.1 Å². The maximum absolute atomic E-state index is 11.2. The number of carboxylic acid groups (broad SMARTS) is 1. The van der Waals surface area contributed by atoms with Crippen LogP contribution in [0.1, 0.15) is 5.56 Å². The maximum atomic E-state index is 11.2. The maximum Gasteiger partial charge on any atom is 0.307 e. The fourth-order valence-electron chi connectivity index (χ4n) is 2.09. The molecule has 0 saturated carbocycles. The van der Waals surface area contributed by atoms with E-state index >= 15 is 0 Å². The van der Waals surface area contributed by atoms with Gasteiger partial charge in [-0.3, -0.25) is 4.79 Å². The largest absolute Gasteiger partial charge is 0.481 e. The van der Waals surface area contributed by atoms with Gasteiger partial charge in [-0.05, 0) is 23.8 Å². The molecule has 0 aliphatic rings. The van der Waals surface area contributed by atoms with Crippen LogP contribution in [0.15, 0.2) is 34.9 Å². The minimum absolute atomic E-state index is 0.00789. The summed E-state index contributed by atoms with van der Waals surface area (Å²) in [6.07, 6.45) is 1.30. The van der Waals surface area contributed by atoms with Gasteiger partial charge in [-0.2, -0.15) is 0 Å². The molecule has 0 spiro atoms. The van der Waals surface area contributed by atoms with Gasteiger partial charge < -0.3 is 28.5 Å². The first-order chi connectivity index (χ1) is 11.2. The molecule has 124 valence electrons. The van der Waals surface area contributed by atoms with Crippen LogP contribution in [0.3, 0.4) is 0 Å². The van der Waals surface area contributed by atoms with Crippen molar-refractivity contribution >= 4 is 5.97 Å². The van der Waals surface area contributed by atoms with E-state index in [1.54, 1.807) is 24.3 Å². The molecule has 1 heterocycles. The summed E-state index contributed by atoms with van der Waals surface area (Å²) in [6.45, 7) is 0.0459. The van der Waals surface area contributed by atoms with E-state index < -0.39 is 5.97 Å². The number of carboxylic acids is 1. The van der Waals surface area contributed by atoms with Crippen LogP contribution < -0.4 is 9.47 Å². The van der Waals surface area contributed by atoms with Crippen molar-refractivity contribution in [1.82, 2.24) is 0 Å². The van der Waals surface area contributed by atoms with Crippen LogP contribution in [0.4, 0.5) is 0 Å². The third kappa shape index (κ3) is 4.48. The van der Waals surface area contributed by atoms with Crippen molar-refractivity contribution in [2.75, 3.05) is 27.8 Å². The highest BCUT2D eigenvalue weighted by Crippen LogP contribution is 2.38. The number of carbonyl (C=O) groups is 1. The van der Waals surface area contributed by atoms with Gasteiger partial charge in [0.15, 0.2) is 13.6 Å². The Bertz CT molecular complexity index is 634. The molecule has 2 aromatic rings. The molecule has 0 fully saturated rings. The quantitative estimate of drug-likeness (QED) is 0.710. The Labute approximate surface area is 133 Å². The van der Waals surface area contributed by atoms with Gasteiger partial charge in [-0.15, -0.1) is 0 Å².